The summed E-state index contributed by atoms with van der Waals surface area (Å²) in [4.78, 5) is 0. The molecule has 1 fully saturated rings. The highest BCUT2D eigenvalue weighted by Crippen LogP contribution is 2.30. The summed E-state index contributed by atoms with van der Waals surface area (Å²) in [5, 5.41) is 8.09. The molecule has 1 N–H and O–H groups in total. The number of piperidine rings is 1. The van der Waals surface area contributed by atoms with E-state index in [9.17, 15) is 13.2 Å². The van der Waals surface area contributed by atoms with Gasteiger partial charge in [0.15, 0.2) is 5.82 Å². The first kappa shape index (κ1) is 19.5. The molecule has 0 radical (unpaired) electrons. The Kier molecular flexibility index (Phi) is 5.92. The number of aromatic nitrogens is 2. The summed E-state index contributed by atoms with van der Waals surface area (Å²) < 4.78 is 48.3. The second-order valence-corrected chi connectivity index (χ2v) is 6.50. The molecular formula is C19H19ClF3N3O. The van der Waals surface area contributed by atoms with Crippen LogP contribution < -0.4 is 10.1 Å². The average molecular weight is 398 g/mol. The molecule has 1 saturated heterocycles. The zero-order valence-electron chi connectivity index (χ0n) is 14.4. The number of ether oxygens (including phenoxy) is 1. The molecule has 1 aliphatic heterocycles. The molecule has 0 amide bonds. The molecule has 4 rings (SSSR count). The highest BCUT2D eigenvalue weighted by molar-refractivity contribution is 5.86. The van der Waals surface area contributed by atoms with Crippen LogP contribution in [0.3, 0.4) is 0 Å². The summed E-state index contributed by atoms with van der Waals surface area (Å²) >= 11 is 0. The van der Waals surface area contributed by atoms with Crippen LogP contribution in [-0.4, -0.2) is 29.5 Å². The number of hydrogen-bond acceptors (Lipinski definition) is 3. The zero-order chi connectivity index (χ0) is 18.1. The molecule has 0 saturated carbocycles. The molecule has 3 aromatic rings. The SMILES string of the molecule is Cl.Fc1ccc(-n2nc(OCC3CCCNC3)c3cc(F)ccc32)c(F)c1. The van der Waals surface area contributed by atoms with E-state index in [1.165, 1.54) is 28.9 Å². The van der Waals surface area contributed by atoms with Gasteiger partial charge in [0.1, 0.15) is 17.3 Å². The van der Waals surface area contributed by atoms with Crippen molar-refractivity contribution in [3.8, 4) is 11.6 Å². The second-order valence-electron chi connectivity index (χ2n) is 6.50. The third-order valence-electron chi connectivity index (χ3n) is 4.60. The van der Waals surface area contributed by atoms with Gasteiger partial charge in [0, 0.05) is 18.5 Å². The van der Waals surface area contributed by atoms with Crippen LogP contribution in [0.5, 0.6) is 5.88 Å². The summed E-state index contributed by atoms with van der Waals surface area (Å²) in [6.45, 7) is 2.31. The molecule has 144 valence electrons. The van der Waals surface area contributed by atoms with Crippen LogP contribution in [0.4, 0.5) is 13.2 Å². The summed E-state index contributed by atoms with van der Waals surface area (Å²) in [5.74, 6) is -1.26. The van der Waals surface area contributed by atoms with Crippen molar-refractivity contribution in [2.24, 2.45) is 5.92 Å². The van der Waals surface area contributed by atoms with Crippen molar-refractivity contribution < 1.29 is 17.9 Å². The standard InChI is InChI=1S/C19H18F3N3O.ClH/c20-13-3-5-17-15(8-13)19(26-11-12-2-1-7-23-10-12)24-25(17)18-6-4-14(21)9-16(18)22;/h3-6,8-9,12,23H,1-2,7,10-11H2;1H. The van der Waals surface area contributed by atoms with Crippen LogP contribution in [-0.2, 0) is 0 Å². The topological polar surface area (TPSA) is 39.1 Å². The fourth-order valence-electron chi connectivity index (χ4n) is 3.27. The lowest BCUT2D eigenvalue weighted by molar-refractivity contribution is 0.213. The van der Waals surface area contributed by atoms with Crippen molar-refractivity contribution in [2.45, 2.75) is 12.8 Å². The van der Waals surface area contributed by atoms with Gasteiger partial charge >= 0.3 is 0 Å². The lowest BCUT2D eigenvalue weighted by Crippen LogP contribution is -2.33. The lowest BCUT2D eigenvalue weighted by atomic mass is 10.0. The van der Waals surface area contributed by atoms with Crippen LogP contribution in [0.25, 0.3) is 16.6 Å². The van der Waals surface area contributed by atoms with Crippen LogP contribution >= 0.6 is 12.4 Å². The molecule has 1 aromatic heterocycles. The molecule has 1 atom stereocenters. The van der Waals surface area contributed by atoms with E-state index in [0.717, 1.165) is 38.1 Å². The van der Waals surface area contributed by atoms with Gasteiger partial charge in [-0.3, -0.25) is 0 Å². The number of rotatable bonds is 4. The predicted octanol–water partition coefficient (Wildman–Crippen LogP) is 4.24. The molecule has 0 spiro atoms. The van der Waals surface area contributed by atoms with E-state index in [-0.39, 0.29) is 24.0 Å². The average Bonchev–Trinajstić information content (AvgIpc) is 2.98. The minimum Gasteiger partial charge on any atom is -0.476 e. The van der Waals surface area contributed by atoms with Crippen LogP contribution in [0.1, 0.15) is 12.8 Å². The maximum absolute atomic E-state index is 14.2. The molecule has 0 bridgehead atoms. The lowest BCUT2D eigenvalue weighted by Gasteiger charge is -2.22. The van der Waals surface area contributed by atoms with Gasteiger partial charge in [0.25, 0.3) is 0 Å². The van der Waals surface area contributed by atoms with Gasteiger partial charge in [-0.1, -0.05) is 0 Å². The van der Waals surface area contributed by atoms with E-state index < -0.39 is 17.5 Å². The number of benzene rings is 2. The van der Waals surface area contributed by atoms with E-state index in [0.29, 0.717) is 23.4 Å². The molecule has 0 aliphatic carbocycles. The Bertz CT molecular complexity index is 941. The fraction of sp³-hybridized carbons (Fsp3) is 0.316. The first-order chi connectivity index (χ1) is 12.6. The molecule has 27 heavy (non-hydrogen) atoms. The normalized spacial score (nSPS) is 16.9. The van der Waals surface area contributed by atoms with E-state index in [1.54, 1.807) is 0 Å². The second kappa shape index (κ2) is 8.19. The Morgan fingerprint density at radius 1 is 1.11 bits per heavy atom. The number of halogens is 4. The van der Waals surface area contributed by atoms with Crippen LogP contribution in [0.15, 0.2) is 36.4 Å². The van der Waals surface area contributed by atoms with Crippen molar-refractivity contribution in [3.05, 3.63) is 53.8 Å². The maximum atomic E-state index is 14.2. The molecule has 1 unspecified atom stereocenters. The van der Waals surface area contributed by atoms with Gasteiger partial charge in [-0.05, 0) is 49.7 Å². The smallest absolute Gasteiger partial charge is 0.241 e. The van der Waals surface area contributed by atoms with Gasteiger partial charge in [-0.25, -0.2) is 17.9 Å². The maximum Gasteiger partial charge on any atom is 0.241 e. The zero-order valence-corrected chi connectivity index (χ0v) is 15.2. The Balaban J connectivity index is 0.00000210. The monoisotopic (exact) mass is 397 g/mol. The first-order valence-corrected chi connectivity index (χ1v) is 8.59. The van der Waals surface area contributed by atoms with E-state index in [4.69, 9.17) is 4.74 Å². The van der Waals surface area contributed by atoms with Crippen molar-refractivity contribution in [3.63, 3.8) is 0 Å². The van der Waals surface area contributed by atoms with Gasteiger partial charge < -0.3 is 10.1 Å². The molecule has 4 nitrogen and oxygen atoms in total. The van der Waals surface area contributed by atoms with Crippen molar-refractivity contribution in [1.82, 2.24) is 15.1 Å². The van der Waals surface area contributed by atoms with Gasteiger partial charge in [0.05, 0.1) is 17.5 Å². The van der Waals surface area contributed by atoms with Crippen molar-refractivity contribution in [1.29, 1.82) is 0 Å². The number of nitrogens with zero attached hydrogens (tertiary/aromatic N) is 2. The highest BCUT2D eigenvalue weighted by atomic mass is 35.5. The Labute approximate surface area is 160 Å². The van der Waals surface area contributed by atoms with Gasteiger partial charge in [-0.2, -0.15) is 0 Å². The first-order valence-electron chi connectivity index (χ1n) is 8.59. The van der Waals surface area contributed by atoms with Crippen molar-refractivity contribution in [2.75, 3.05) is 19.7 Å². The third-order valence-corrected chi connectivity index (χ3v) is 4.60. The summed E-state index contributed by atoms with van der Waals surface area (Å²) in [5.41, 5.74) is 0.575. The minimum absolute atomic E-state index is 0. The minimum atomic E-state index is -0.748. The van der Waals surface area contributed by atoms with Crippen LogP contribution in [0, 0.1) is 23.4 Å². The summed E-state index contributed by atoms with van der Waals surface area (Å²) in [6, 6.07) is 7.35. The van der Waals surface area contributed by atoms with E-state index in [1.807, 2.05) is 0 Å². The van der Waals surface area contributed by atoms with E-state index >= 15 is 0 Å². The Morgan fingerprint density at radius 3 is 2.63 bits per heavy atom. The fourth-order valence-corrected chi connectivity index (χ4v) is 3.27. The van der Waals surface area contributed by atoms with E-state index in [2.05, 4.69) is 10.4 Å². The third kappa shape index (κ3) is 4.04. The Hall–Kier alpha value is -2.25. The summed E-state index contributed by atoms with van der Waals surface area (Å²) in [6.07, 6.45) is 2.13. The molecular weight excluding hydrogens is 379 g/mol. The Morgan fingerprint density at radius 2 is 1.89 bits per heavy atom. The van der Waals surface area contributed by atoms with Gasteiger partial charge in [0.2, 0.25) is 5.88 Å². The molecule has 8 heteroatoms. The molecule has 2 heterocycles. The van der Waals surface area contributed by atoms with Crippen molar-refractivity contribution >= 4 is 23.3 Å². The predicted molar refractivity (Wildman–Crippen MR) is 99.3 cm³/mol. The number of fused-ring (bicyclic) bond motifs is 1. The van der Waals surface area contributed by atoms with Crippen LogP contribution in [0.2, 0.25) is 0 Å². The molecule has 1 aliphatic rings. The largest absolute Gasteiger partial charge is 0.476 e. The number of hydrogen-bond donors (Lipinski definition) is 1. The van der Waals surface area contributed by atoms with Gasteiger partial charge in [-0.15, -0.1) is 17.5 Å². The number of nitrogens with one attached hydrogen (secondary N) is 1. The summed E-state index contributed by atoms with van der Waals surface area (Å²) in [7, 11) is 0. The highest BCUT2D eigenvalue weighted by Gasteiger charge is 2.19. The molecule has 2 aromatic carbocycles. The quantitative estimate of drug-likeness (QED) is 0.715.